The van der Waals surface area contributed by atoms with Crippen LogP contribution in [-0.4, -0.2) is 57.4 Å². The topological polar surface area (TPSA) is 157 Å². The SMILES string of the molecule is CCC(COC(=O)C=CCN)(COC(=O)C=CCN)COC(=O)C=CCN. The summed E-state index contributed by atoms with van der Waals surface area (Å²) in [6.45, 7) is 2.06. The van der Waals surface area contributed by atoms with Crippen LogP contribution in [0, 0.1) is 5.41 Å². The van der Waals surface area contributed by atoms with Crippen molar-refractivity contribution in [3.63, 3.8) is 0 Å². The largest absolute Gasteiger partial charge is 0.462 e. The van der Waals surface area contributed by atoms with E-state index in [1.165, 1.54) is 36.5 Å². The van der Waals surface area contributed by atoms with Gasteiger partial charge in [0.15, 0.2) is 0 Å². The van der Waals surface area contributed by atoms with Gasteiger partial charge in [-0.15, -0.1) is 0 Å². The average molecular weight is 383 g/mol. The van der Waals surface area contributed by atoms with Gasteiger partial charge >= 0.3 is 17.9 Å². The molecule has 0 aliphatic heterocycles. The van der Waals surface area contributed by atoms with Crippen molar-refractivity contribution in [3.8, 4) is 0 Å². The Bertz CT molecular complexity index is 483. The number of ether oxygens (including phenoxy) is 3. The summed E-state index contributed by atoms with van der Waals surface area (Å²) in [6.07, 6.45) is 8.37. The summed E-state index contributed by atoms with van der Waals surface area (Å²) in [4.78, 5) is 35.1. The maximum atomic E-state index is 11.7. The number of carbonyl (C=O) groups is 3. The summed E-state index contributed by atoms with van der Waals surface area (Å²) >= 11 is 0. The number of hydrogen-bond acceptors (Lipinski definition) is 9. The van der Waals surface area contributed by atoms with E-state index in [2.05, 4.69) is 0 Å². The summed E-state index contributed by atoms with van der Waals surface area (Å²) in [5.74, 6) is -1.79. The first kappa shape index (κ1) is 24.5. The van der Waals surface area contributed by atoms with Crippen LogP contribution in [0.4, 0.5) is 0 Å². The summed E-state index contributed by atoms with van der Waals surface area (Å²) in [5.41, 5.74) is 15.0. The molecule has 0 bridgehead atoms. The van der Waals surface area contributed by atoms with Gasteiger partial charge in [0.25, 0.3) is 0 Å². The maximum Gasteiger partial charge on any atom is 0.330 e. The van der Waals surface area contributed by atoms with E-state index >= 15 is 0 Å². The predicted octanol–water partition coefficient (Wildman–Crippen LogP) is -0.443. The molecule has 27 heavy (non-hydrogen) atoms. The van der Waals surface area contributed by atoms with Crippen LogP contribution in [0.2, 0.25) is 0 Å². The predicted molar refractivity (Wildman–Crippen MR) is 100 cm³/mol. The first-order valence-corrected chi connectivity index (χ1v) is 8.53. The quantitative estimate of drug-likeness (QED) is 0.218. The molecule has 0 unspecified atom stereocenters. The van der Waals surface area contributed by atoms with E-state index in [9.17, 15) is 14.4 Å². The highest BCUT2D eigenvalue weighted by Gasteiger charge is 2.33. The Morgan fingerprint density at radius 1 is 0.704 bits per heavy atom. The Labute approximate surface area is 159 Å². The molecule has 6 N–H and O–H groups in total. The minimum Gasteiger partial charge on any atom is -0.462 e. The van der Waals surface area contributed by atoms with Crippen molar-refractivity contribution in [2.24, 2.45) is 22.6 Å². The number of hydrogen-bond donors (Lipinski definition) is 3. The van der Waals surface area contributed by atoms with Crippen LogP contribution in [0.5, 0.6) is 0 Å². The third-order valence-electron chi connectivity index (χ3n) is 3.48. The second kappa shape index (κ2) is 14.7. The molecular weight excluding hydrogens is 354 g/mol. The molecule has 9 nitrogen and oxygen atoms in total. The molecule has 0 aliphatic rings. The van der Waals surface area contributed by atoms with Crippen LogP contribution in [0.15, 0.2) is 36.5 Å². The van der Waals surface area contributed by atoms with Gasteiger partial charge in [0.1, 0.15) is 19.8 Å². The zero-order valence-electron chi connectivity index (χ0n) is 15.6. The third kappa shape index (κ3) is 11.7. The molecule has 0 heterocycles. The zero-order valence-corrected chi connectivity index (χ0v) is 15.6. The van der Waals surface area contributed by atoms with Crippen molar-refractivity contribution in [2.75, 3.05) is 39.5 Å². The lowest BCUT2D eigenvalue weighted by Crippen LogP contribution is -2.38. The van der Waals surface area contributed by atoms with E-state index in [1.807, 2.05) is 0 Å². The summed E-state index contributed by atoms with van der Waals surface area (Å²) < 4.78 is 15.6. The Hall–Kier alpha value is -2.49. The van der Waals surface area contributed by atoms with Gasteiger partial charge in [-0.25, -0.2) is 14.4 Å². The lowest BCUT2D eigenvalue weighted by Gasteiger charge is -2.30. The number of nitrogens with two attached hydrogens (primary N) is 3. The van der Waals surface area contributed by atoms with Gasteiger partial charge in [-0.2, -0.15) is 0 Å². The maximum absolute atomic E-state index is 11.7. The molecule has 0 aliphatic carbocycles. The number of esters is 3. The normalized spacial score (nSPS) is 13.8. The standard InChI is InChI=1S/C18H29N3O6/c1-2-18(12-25-15(22)6-3-9-19,13-26-16(23)7-4-10-20)14-27-17(24)8-5-11-21/h3-8H,2,9-14,19-21H2,1H3. The molecule has 0 fully saturated rings. The number of carbonyl (C=O) groups excluding carboxylic acids is 3. The molecule has 152 valence electrons. The van der Waals surface area contributed by atoms with Crippen LogP contribution in [0.1, 0.15) is 13.3 Å². The van der Waals surface area contributed by atoms with E-state index in [4.69, 9.17) is 31.4 Å². The van der Waals surface area contributed by atoms with Crippen LogP contribution in [0.25, 0.3) is 0 Å². The molecule has 0 rings (SSSR count). The summed E-state index contributed by atoms with van der Waals surface area (Å²) in [5, 5.41) is 0. The first-order chi connectivity index (χ1) is 12.9. The van der Waals surface area contributed by atoms with Gasteiger partial charge in [-0.05, 0) is 6.42 Å². The van der Waals surface area contributed by atoms with Crippen LogP contribution in [0.3, 0.4) is 0 Å². The highest BCUT2D eigenvalue weighted by Crippen LogP contribution is 2.24. The molecule has 0 atom stereocenters. The van der Waals surface area contributed by atoms with Gasteiger partial charge in [-0.1, -0.05) is 25.2 Å². The average Bonchev–Trinajstić information content (AvgIpc) is 2.68. The Morgan fingerprint density at radius 3 is 1.22 bits per heavy atom. The fraction of sp³-hybridized carbons (Fsp3) is 0.500. The molecule has 0 amide bonds. The van der Waals surface area contributed by atoms with Gasteiger partial charge in [-0.3, -0.25) is 0 Å². The van der Waals surface area contributed by atoms with E-state index in [0.29, 0.717) is 6.42 Å². The number of rotatable bonds is 13. The van der Waals surface area contributed by atoms with Crippen molar-refractivity contribution in [3.05, 3.63) is 36.5 Å². The van der Waals surface area contributed by atoms with E-state index in [-0.39, 0.29) is 39.5 Å². The highest BCUT2D eigenvalue weighted by atomic mass is 16.6. The van der Waals surface area contributed by atoms with Gasteiger partial charge in [0, 0.05) is 37.9 Å². The smallest absolute Gasteiger partial charge is 0.330 e. The summed E-state index contributed by atoms with van der Waals surface area (Å²) in [6, 6.07) is 0. The minimum absolute atomic E-state index is 0.112. The monoisotopic (exact) mass is 383 g/mol. The molecular formula is C18H29N3O6. The van der Waals surface area contributed by atoms with Crippen molar-refractivity contribution >= 4 is 17.9 Å². The summed E-state index contributed by atoms with van der Waals surface area (Å²) in [7, 11) is 0. The molecule has 0 aromatic heterocycles. The third-order valence-corrected chi connectivity index (χ3v) is 3.48. The second-order valence-electron chi connectivity index (χ2n) is 5.59. The van der Waals surface area contributed by atoms with Gasteiger partial charge in [0.05, 0.1) is 5.41 Å². The van der Waals surface area contributed by atoms with E-state index in [1.54, 1.807) is 6.92 Å². The van der Waals surface area contributed by atoms with Crippen LogP contribution in [-0.2, 0) is 28.6 Å². The Balaban J connectivity index is 5.05. The zero-order chi connectivity index (χ0) is 20.5. The highest BCUT2D eigenvalue weighted by molar-refractivity contribution is 5.83. The molecule has 0 spiro atoms. The van der Waals surface area contributed by atoms with Crippen molar-refractivity contribution in [1.82, 2.24) is 0 Å². The molecule has 9 heteroatoms. The lowest BCUT2D eigenvalue weighted by atomic mass is 9.88. The fourth-order valence-corrected chi connectivity index (χ4v) is 1.74. The lowest BCUT2D eigenvalue weighted by molar-refractivity contribution is -0.156. The van der Waals surface area contributed by atoms with E-state index in [0.717, 1.165) is 0 Å². The first-order valence-electron chi connectivity index (χ1n) is 8.53. The van der Waals surface area contributed by atoms with Crippen LogP contribution >= 0.6 is 0 Å². The van der Waals surface area contributed by atoms with Crippen molar-refractivity contribution < 1.29 is 28.6 Å². The second-order valence-corrected chi connectivity index (χ2v) is 5.59. The molecule has 0 radical (unpaired) electrons. The Morgan fingerprint density at radius 2 is 1.00 bits per heavy atom. The molecule has 0 aromatic carbocycles. The van der Waals surface area contributed by atoms with Gasteiger partial charge in [0.2, 0.25) is 0 Å². The fourth-order valence-electron chi connectivity index (χ4n) is 1.74. The molecule has 0 saturated carbocycles. The van der Waals surface area contributed by atoms with Crippen LogP contribution < -0.4 is 17.2 Å². The molecule has 0 aromatic rings. The van der Waals surface area contributed by atoms with Crippen molar-refractivity contribution in [1.29, 1.82) is 0 Å². The van der Waals surface area contributed by atoms with Crippen molar-refractivity contribution in [2.45, 2.75) is 13.3 Å². The minimum atomic E-state index is -0.898. The van der Waals surface area contributed by atoms with Gasteiger partial charge < -0.3 is 31.4 Å². The Kier molecular flexibility index (Phi) is 13.3. The van der Waals surface area contributed by atoms with E-state index < -0.39 is 23.3 Å². The molecule has 0 saturated heterocycles.